The lowest BCUT2D eigenvalue weighted by atomic mass is 9.79. The first-order valence-corrected chi connectivity index (χ1v) is 8.03. The molecule has 4 rings (SSSR count). The molecule has 3 aromatic rings. The Labute approximate surface area is 134 Å². The predicted octanol–water partition coefficient (Wildman–Crippen LogP) is 4.55. The maximum Gasteiger partial charge on any atom is 0.197 e. The van der Waals surface area contributed by atoms with Gasteiger partial charge in [0, 0.05) is 5.92 Å². The lowest BCUT2D eigenvalue weighted by molar-refractivity contribution is 0.472. The molecule has 1 heterocycles. The Morgan fingerprint density at radius 1 is 1.05 bits per heavy atom. The summed E-state index contributed by atoms with van der Waals surface area (Å²) in [4.78, 5) is 12.9. The average Bonchev–Trinajstić information content (AvgIpc) is 2.55. The predicted molar refractivity (Wildman–Crippen MR) is 91.0 cm³/mol. The number of hydrogen-bond donors (Lipinski definition) is 1. The number of hydrogen-bond acceptors (Lipinski definition) is 3. The van der Waals surface area contributed by atoms with Crippen LogP contribution in [0.3, 0.4) is 0 Å². The van der Waals surface area contributed by atoms with E-state index in [2.05, 4.69) is 30.8 Å². The molecule has 2 nitrogen and oxygen atoms in total. The highest BCUT2D eigenvalue weighted by atomic mass is 32.1. The van der Waals surface area contributed by atoms with E-state index in [9.17, 15) is 4.79 Å². The van der Waals surface area contributed by atoms with Crippen LogP contribution < -0.4 is 5.43 Å². The van der Waals surface area contributed by atoms with Gasteiger partial charge in [0.05, 0.1) is 10.9 Å². The second-order valence-electron chi connectivity index (χ2n) is 5.79. The molecule has 22 heavy (non-hydrogen) atoms. The van der Waals surface area contributed by atoms with Crippen molar-refractivity contribution in [1.29, 1.82) is 0 Å². The highest BCUT2D eigenvalue weighted by Gasteiger charge is 2.27. The number of rotatable bonds is 1. The van der Waals surface area contributed by atoms with E-state index < -0.39 is 0 Å². The number of benzene rings is 2. The van der Waals surface area contributed by atoms with Crippen LogP contribution in [0.5, 0.6) is 0 Å². The van der Waals surface area contributed by atoms with Gasteiger partial charge in [-0.15, -0.1) is 12.6 Å². The number of fused-ring (bicyclic) bond motifs is 2. The minimum absolute atomic E-state index is 0.0496. The summed E-state index contributed by atoms with van der Waals surface area (Å²) in [6.07, 6.45) is 3.13. The average molecular weight is 308 g/mol. The van der Waals surface area contributed by atoms with E-state index in [-0.39, 0.29) is 11.3 Å². The standard InChI is InChI=1S/C19H16O2S/c20-18-15-9-3-4-11-16(15)21-19(22)17(18)14-10-5-7-12-6-1-2-8-13(12)14/h1-4,6,8-9,11,14,22H,5,7,10H2. The lowest BCUT2D eigenvalue weighted by Crippen LogP contribution is -2.19. The van der Waals surface area contributed by atoms with Gasteiger partial charge < -0.3 is 4.42 Å². The molecule has 0 amide bonds. The molecule has 0 saturated carbocycles. The maximum atomic E-state index is 12.9. The zero-order valence-corrected chi connectivity index (χ0v) is 13.0. The van der Waals surface area contributed by atoms with Gasteiger partial charge in [-0.3, -0.25) is 4.79 Å². The molecule has 1 unspecified atom stereocenters. The molecule has 110 valence electrons. The molecule has 1 atom stereocenters. The highest BCUT2D eigenvalue weighted by Crippen LogP contribution is 2.38. The van der Waals surface area contributed by atoms with Gasteiger partial charge in [0.2, 0.25) is 0 Å². The third-order valence-corrected chi connectivity index (χ3v) is 4.86. The van der Waals surface area contributed by atoms with Gasteiger partial charge in [0.25, 0.3) is 0 Å². The molecule has 0 spiro atoms. The van der Waals surface area contributed by atoms with Crippen molar-refractivity contribution in [2.45, 2.75) is 30.3 Å². The molecule has 1 aliphatic carbocycles. The zero-order valence-electron chi connectivity index (χ0n) is 12.1. The smallest absolute Gasteiger partial charge is 0.197 e. The van der Waals surface area contributed by atoms with Gasteiger partial charge in [-0.2, -0.15) is 0 Å². The summed E-state index contributed by atoms with van der Waals surface area (Å²) in [7, 11) is 0. The second-order valence-corrected chi connectivity index (χ2v) is 6.20. The summed E-state index contributed by atoms with van der Waals surface area (Å²) in [6, 6.07) is 15.8. The van der Waals surface area contributed by atoms with Crippen molar-refractivity contribution < 1.29 is 4.42 Å². The fraction of sp³-hybridized carbons (Fsp3) is 0.211. The normalized spacial score (nSPS) is 17.4. The van der Waals surface area contributed by atoms with E-state index >= 15 is 0 Å². The monoisotopic (exact) mass is 308 g/mol. The number of para-hydroxylation sites is 1. The van der Waals surface area contributed by atoms with Gasteiger partial charge >= 0.3 is 0 Å². The Hall–Kier alpha value is -2.00. The first-order valence-electron chi connectivity index (χ1n) is 7.58. The van der Waals surface area contributed by atoms with E-state index in [1.165, 1.54) is 11.1 Å². The minimum atomic E-state index is 0.0496. The fourth-order valence-corrected chi connectivity index (χ4v) is 3.86. The first-order chi connectivity index (χ1) is 10.8. The molecule has 3 heteroatoms. The summed E-state index contributed by atoms with van der Waals surface area (Å²) in [5.74, 6) is 0.0818. The molecule has 1 aromatic heterocycles. The van der Waals surface area contributed by atoms with Gasteiger partial charge in [-0.05, 0) is 42.5 Å². The van der Waals surface area contributed by atoms with E-state index in [1.807, 2.05) is 30.3 Å². The zero-order chi connectivity index (χ0) is 15.1. The van der Waals surface area contributed by atoms with E-state index in [1.54, 1.807) is 0 Å². The van der Waals surface area contributed by atoms with Gasteiger partial charge in [-0.1, -0.05) is 36.4 Å². The fourth-order valence-electron chi connectivity index (χ4n) is 3.51. The Balaban J connectivity index is 1.98. The largest absolute Gasteiger partial charge is 0.450 e. The van der Waals surface area contributed by atoms with Gasteiger partial charge in [0.15, 0.2) is 10.5 Å². The summed E-state index contributed by atoms with van der Waals surface area (Å²) in [5.41, 5.74) is 3.93. The van der Waals surface area contributed by atoms with E-state index in [0.717, 1.165) is 19.3 Å². The highest BCUT2D eigenvalue weighted by molar-refractivity contribution is 7.80. The van der Waals surface area contributed by atoms with Crippen LogP contribution in [0, 0.1) is 0 Å². The molecule has 0 saturated heterocycles. The third kappa shape index (κ3) is 2.08. The van der Waals surface area contributed by atoms with Crippen LogP contribution in [0.1, 0.15) is 35.4 Å². The van der Waals surface area contributed by atoms with E-state index in [4.69, 9.17) is 4.42 Å². The van der Waals surface area contributed by atoms with Crippen LogP contribution >= 0.6 is 12.6 Å². The van der Waals surface area contributed by atoms with Gasteiger partial charge in [0.1, 0.15) is 5.58 Å². The van der Waals surface area contributed by atoms with E-state index in [0.29, 0.717) is 21.6 Å². The van der Waals surface area contributed by atoms with Crippen LogP contribution in [0.4, 0.5) is 0 Å². The summed E-state index contributed by atoms with van der Waals surface area (Å²) >= 11 is 4.48. The van der Waals surface area contributed by atoms with Crippen LogP contribution in [0.25, 0.3) is 11.0 Å². The molecule has 0 N–H and O–H groups in total. The molecular formula is C19H16O2S. The van der Waals surface area contributed by atoms with Gasteiger partial charge in [-0.25, -0.2) is 0 Å². The lowest BCUT2D eigenvalue weighted by Gasteiger charge is -2.25. The Morgan fingerprint density at radius 2 is 1.82 bits per heavy atom. The molecule has 0 aliphatic heterocycles. The molecule has 2 aromatic carbocycles. The summed E-state index contributed by atoms with van der Waals surface area (Å²) in [6.45, 7) is 0. The van der Waals surface area contributed by atoms with Crippen molar-refractivity contribution >= 4 is 23.6 Å². The SMILES string of the molecule is O=c1c(C2CCCc3ccccc32)c(S)oc2ccccc12. The second kappa shape index (κ2) is 5.33. The van der Waals surface area contributed by atoms with Crippen LogP contribution in [0.2, 0.25) is 0 Å². The topological polar surface area (TPSA) is 30.2 Å². The summed E-state index contributed by atoms with van der Waals surface area (Å²) in [5, 5.41) is 1.09. The molecule has 0 radical (unpaired) electrons. The van der Waals surface area contributed by atoms with Crippen molar-refractivity contribution in [1.82, 2.24) is 0 Å². The molecule has 1 aliphatic rings. The van der Waals surface area contributed by atoms with Crippen molar-refractivity contribution in [3.8, 4) is 0 Å². The maximum absolute atomic E-state index is 12.9. The minimum Gasteiger partial charge on any atom is -0.450 e. The Bertz CT molecular complexity index is 911. The number of aryl methyl sites for hydroxylation is 1. The molecular weight excluding hydrogens is 292 g/mol. The Morgan fingerprint density at radius 3 is 2.73 bits per heavy atom. The quantitative estimate of drug-likeness (QED) is 0.668. The van der Waals surface area contributed by atoms with Crippen molar-refractivity contribution in [3.63, 3.8) is 0 Å². The number of thiol groups is 1. The van der Waals surface area contributed by atoms with Crippen molar-refractivity contribution in [2.75, 3.05) is 0 Å². The van der Waals surface area contributed by atoms with Crippen LogP contribution in [-0.4, -0.2) is 0 Å². The van der Waals surface area contributed by atoms with Crippen molar-refractivity contribution in [3.05, 3.63) is 75.4 Å². The molecule has 0 fully saturated rings. The third-order valence-electron chi connectivity index (χ3n) is 4.53. The first kappa shape index (κ1) is 13.6. The van der Waals surface area contributed by atoms with Crippen LogP contribution in [-0.2, 0) is 6.42 Å². The Kier molecular flexibility index (Phi) is 3.30. The van der Waals surface area contributed by atoms with Crippen molar-refractivity contribution in [2.24, 2.45) is 0 Å². The van der Waals surface area contributed by atoms with Crippen LogP contribution in [0.15, 0.2) is 62.8 Å². The summed E-state index contributed by atoms with van der Waals surface area (Å²) < 4.78 is 5.81. The molecule has 0 bridgehead atoms.